The zero-order valence-corrected chi connectivity index (χ0v) is 13.9. The smallest absolute Gasteiger partial charge is 0.352 e. The maximum absolute atomic E-state index is 12.9. The van der Waals surface area contributed by atoms with E-state index in [1.807, 2.05) is 6.92 Å². The van der Waals surface area contributed by atoms with E-state index in [1.54, 1.807) is 0 Å². The van der Waals surface area contributed by atoms with Crippen molar-refractivity contribution in [2.75, 3.05) is 6.54 Å². The summed E-state index contributed by atoms with van der Waals surface area (Å²) in [6.07, 6.45) is -3.00. The Morgan fingerprint density at radius 1 is 1.40 bits per heavy atom. The molecule has 0 bridgehead atoms. The van der Waals surface area contributed by atoms with Gasteiger partial charge in [-0.15, -0.1) is 0 Å². The highest BCUT2D eigenvalue weighted by atomic mass is 79.9. The number of alkyl halides is 4. The van der Waals surface area contributed by atoms with Crippen LogP contribution in [0.5, 0.6) is 0 Å². The minimum atomic E-state index is -4.56. The van der Waals surface area contributed by atoms with Gasteiger partial charge in [-0.2, -0.15) is 13.2 Å². The molecule has 0 heterocycles. The standard InChI is InChI=1S/C13H14Br2F3NO/c1-2-8(14)5-6-19-12(20)10-4-3-9(15)7-11(10)13(16,17)18/h3-4,7-8H,2,5-6H2,1H3,(H,19,20). The minimum Gasteiger partial charge on any atom is -0.352 e. The average molecular weight is 417 g/mol. The summed E-state index contributed by atoms with van der Waals surface area (Å²) < 4.78 is 38.9. The van der Waals surface area contributed by atoms with E-state index in [0.29, 0.717) is 13.0 Å². The number of rotatable bonds is 5. The van der Waals surface area contributed by atoms with E-state index in [-0.39, 0.29) is 14.9 Å². The molecule has 1 unspecified atom stereocenters. The molecule has 1 aromatic carbocycles. The molecule has 0 fully saturated rings. The number of carbonyl (C=O) groups is 1. The van der Waals surface area contributed by atoms with Crippen LogP contribution in [0, 0.1) is 0 Å². The van der Waals surface area contributed by atoms with Crippen LogP contribution in [-0.2, 0) is 6.18 Å². The first-order valence-corrected chi connectivity index (χ1v) is 7.75. The van der Waals surface area contributed by atoms with Gasteiger partial charge >= 0.3 is 6.18 Å². The first-order valence-electron chi connectivity index (χ1n) is 6.04. The van der Waals surface area contributed by atoms with Crippen molar-refractivity contribution in [1.29, 1.82) is 0 Å². The molecular weight excluding hydrogens is 403 g/mol. The van der Waals surface area contributed by atoms with Crippen molar-refractivity contribution in [3.05, 3.63) is 33.8 Å². The Hall–Kier alpha value is -0.560. The zero-order chi connectivity index (χ0) is 15.3. The maximum atomic E-state index is 12.9. The zero-order valence-electron chi connectivity index (χ0n) is 10.7. The fourth-order valence-corrected chi connectivity index (χ4v) is 2.18. The molecule has 0 aliphatic heterocycles. The molecule has 1 atom stereocenters. The van der Waals surface area contributed by atoms with Crippen LogP contribution in [0.4, 0.5) is 13.2 Å². The molecule has 2 nitrogen and oxygen atoms in total. The summed E-state index contributed by atoms with van der Waals surface area (Å²) in [5.74, 6) is -0.708. The van der Waals surface area contributed by atoms with Gasteiger partial charge in [0.25, 0.3) is 5.91 Å². The molecule has 0 spiro atoms. The minimum absolute atomic E-state index is 0.245. The normalized spacial score (nSPS) is 13.1. The molecule has 0 saturated carbocycles. The highest BCUT2D eigenvalue weighted by Gasteiger charge is 2.35. The Kier molecular flexibility index (Phi) is 6.51. The summed E-state index contributed by atoms with van der Waals surface area (Å²) in [5.41, 5.74) is -1.29. The number of benzene rings is 1. The molecule has 112 valence electrons. The first kappa shape index (κ1) is 17.5. The van der Waals surface area contributed by atoms with E-state index in [4.69, 9.17) is 0 Å². The second-order valence-electron chi connectivity index (χ2n) is 4.24. The second kappa shape index (κ2) is 7.45. The highest BCUT2D eigenvalue weighted by Crippen LogP contribution is 2.33. The predicted octanol–water partition coefficient (Wildman–Crippen LogP) is 4.76. The quantitative estimate of drug-likeness (QED) is 0.688. The van der Waals surface area contributed by atoms with Crippen LogP contribution in [0.2, 0.25) is 0 Å². The Bertz CT molecular complexity index is 477. The Balaban J connectivity index is 2.83. The number of hydrogen-bond donors (Lipinski definition) is 1. The molecule has 0 saturated heterocycles. The third kappa shape index (κ3) is 5.09. The topological polar surface area (TPSA) is 29.1 Å². The number of carbonyl (C=O) groups excluding carboxylic acids is 1. The maximum Gasteiger partial charge on any atom is 0.417 e. The van der Waals surface area contributed by atoms with Crippen LogP contribution in [0.3, 0.4) is 0 Å². The molecule has 1 aromatic rings. The summed E-state index contributed by atoms with van der Waals surface area (Å²) in [6.45, 7) is 2.31. The van der Waals surface area contributed by atoms with E-state index in [0.717, 1.165) is 12.5 Å². The van der Waals surface area contributed by atoms with Crippen molar-refractivity contribution in [3.8, 4) is 0 Å². The third-order valence-corrected chi connectivity index (χ3v) is 4.32. The van der Waals surface area contributed by atoms with Gasteiger partial charge in [0.2, 0.25) is 0 Å². The lowest BCUT2D eigenvalue weighted by molar-refractivity contribution is -0.138. The number of amides is 1. The van der Waals surface area contributed by atoms with Gasteiger partial charge in [-0.05, 0) is 31.0 Å². The van der Waals surface area contributed by atoms with Crippen molar-refractivity contribution in [2.24, 2.45) is 0 Å². The molecule has 0 radical (unpaired) electrons. The number of halogens is 5. The van der Waals surface area contributed by atoms with Gasteiger partial charge in [-0.1, -0.05) is 38.8 Å². The van der Waals surface area contributed by atoms with Crippen molar-refractivity contribution >= 4 is 37.8 Å². The fraction of sp³-hybridized carbons (Fsp3) is 0.462. The molecule has 20 heavy (non-hydrogen) atoms. The molecule has 1 amide bonds. The highest BCUT2D eigenvalue weighted by molar-refractivity contribution is 9.10. The summed E-state index contributed by atoms with van der Waals surface area (Å²) >= 11 is 6.38. The monoisotopic (exact) mass is 415 g/mol. The van der Waals surface area contributed by atoms with E-state index >= 15 is 0 Å². The van der Waals surface area contributed by atoms with Gasteiger partial charge in [0, 0.05) is 15.8 Å². The Morgan fingerprint density at radius 3 is 2.60 bits per heavy atom. The van der Waals surface area contributed by atoms with Gasteiger partial charge < -0.3 is 5.32 Å². The third-order valence-electron chi connectivity index (χ3n) is 2.72. The van der Waals surface area contributed by atoms with Gasteiger partial charge in [0.15, 0.2) is 0 Å². The molecule has 7 heteroatoms. The molecule has 0 aliphatic carbocycles. The van der Waals surface area contributed by atoms with E-state index < -0.39 is 17.6 Å². The average Bonchev–Trinajstić information content (AvgIpc) is 2.37. The predicted molar refractivity (Wildman–Crippen MR) is 79.1 cm³/mol. The summed E-state index contributed by atoms with van der Waals surface area (Å²) in [7, 11) is 0. The Labute approximate surface area is 132 Å². The van der Waals surface area contributed by atoms with Crippen molar-refractivity contribution in [2.45, 2.75) is 30.8 Å². The van der Waals surface area contributed by atoms with Crippen LogP contribution in [0.25, 0.3) is 0 Å². The van der Waals surface area contributed by atoms with Crippen molar-refractivity contribution in [3.63, 3.8) is 0 Å². The van der Waals surface area contributed by atoms with E-state index in [9.17, 15) is 18.0 Å². The van der Waals surface area contributed by atoms with Gasteiger partial charge in [-0.25, -0.2) is 0 Å². The lowest BCUT2D eigenvalue weighted by Gasteiger charge is -2.14. The van der Waals surface area contributed by atoms with Crippen LogP contribution >= 0.6 is 31.9 Å². The SMILES string of the molecule is CCC(Br)CCNC(=O)c1ccc(Br)cc1C(F)(F)F. The molecular formula is C13H14Br2F3NO. The van der Waals surface area contributed by atoms with Crippen LogP contribution in [-0.4, -0.2) is 17.3 Å². The Morgan fingerprint density at radius 2 is 2.05 bits per heavy atom. The molecule has 1 rings (SSSR count). The largest absolute Gasteiger partial charge is 0.417 e. The van der Waals surface area contributed by atoms with Gasteiger partial charge in [0.05, 0.1) is 11.1 Å². The number of hydrogen-bond acceptors (Lipinski definition) is 1. The van der Waals surface area contributed by atoms with Gasteiger partial charge in [0.1, 0.15) is 0 Å². The lowest BCUT2D eigenvalue weighted by Crippen LogP contribution is -2.28. The van der Waals surface area contributed by atoms with E-state index in [2.05, 4.69) is 37.2 Å². The molecule has 0 aliphatic rings. The summed E-state index contributed by atoms with van der Waals surface area (Å²) in [4.78, 5) is 12.1. The van der Waals surface area contributed by atoms with E-state index in [1.165, 1.54) is 12.1 Å². The van der Waals surface area contributed by atoms with Crippen LogP contribution < -0.4 is 5.32 Å². The van der Waals surface area contributed by atoms with Gasteiger partial charge in [-0.3, -0.25) is 4.79 Å². The fourth-order valence-electron chi connectivity index (χ4n) is 1.59. The van der Waals surface area contributed by atoms with Crippen molar-refractivity contribution in [1.82, 2.24) is 5.32 Å². The summed E-state index contributed by atoms with van der Waals surface area (Å²) in [5, 5.41) is 2.51. The molecule has 0 aromatic heterocycles. The first-order chi connectivity index (χ1) is 9.25. The van der Waals surface area contributed by atoms with Crippen LogP contribution in [0.1, 0.15) is 35.7 Å². The molecule has 1 N–H and O–H groups in total. The van der Waals surface area contributed by atoms with Crippen LogP contribution in [0.15, 0.2) is 22.7 Å². The van der Waals surface area contributed by atoms with Crippen molar-refractivity contribution < 1.29 is 18.0 Å². The summed E-state index contributed by atoms with van der Waals surface area (Å²) in [6, 6.07) is 3.51. The number of nitrogens with one attached hydrogen (secondary N) is 1. The lowest BCUT2D eigenvalue weighted by atomic mass is 10.1. The second-order valence-corrected chi connectivity index (χ2v) is 6.45.